The van der Waals surface area contributed by atoms with Crippen molar-refractivity contribution in [3.8, 4) is 5.75 Å². The molecule has 1 aliphatic heterocycles. The summed E-state index contributed by atoms with van der Waals surface area (Å²) in [6, 6.07) is 13.5. The van der Waals surface area contributed by atoms with Crippen LogP contribution in [-0.4, -0.2) is 40.5 Å². The third kappa shape index (κ3) is 2.80. The Balaban J connectivity index is 1.39. The van der Waals surface area contributed by atoms with E-state index in [1.54, 1.807) is 18.6 Å². The Bertz CT molecular complexity index is 855. The van der Waals surface area contributed by atoms with Crippen molar-refractivity contribution in [1.29, 1.82) is 0 Å². The summed E-state index contributed by atoms with van der Waals surface area (Å²) in [7, 11) is 0. The summed E-state index contributed by atoms with van der Waals surface area (Å²) in [6.07, 6.45) is 5.10. The highest BCUT2D eigenvalue weighted by atomic mass is 16.5. The van der Waals surface area contributed by atoms with Crippen LogP contribution in [0, 0.1) is 5.92 Å². The Labute approximate surface area is 139 Å². The average molecular weight is 319 g/mol. The lowest BCUT2D eigenvalue weighted by Gasteiger charge is -2.38. The molecule has 1 fully saturated rings. The van der Waals surface area contributed by atoms with Crippen molar-refractivity contribution >= 4 is 16.7 Å². The third-order valence-corrected chi connectivity index (χ3v) is 4.24. The molecule has 0 N–H and O–H groups in total. The van der Waals surface area contributed by atoms with E-state index in [9.17, 15) is 4.79 Å². The lowest BCUT2D eigenvalue weighted by atomic mass is 10.00. The zero-order valence-corrected chi connectivity index (χ0v) is 13.1. The number of amides is 1. The van der Waals surface area contributed by atoms with Crippen LogP contribution in [0.1, 0.15) is 10.5 Å². The molecular formula is C19H17N3O2. The molecule has 1 aliphatic rings. The van der Waals surface area contributed by atoms with Gasteiger partial charge in [-0.3, -0.25) is 14.8 Å². The first-order valence-corrected chi connectivity index (χ1v) is 7.97. The van der Waals surface area contributed by atoms with Gasteiger partial charge in [0.15, 0.2) is 0 Å². The van der Waals surface area contributed by atoms with Crippen molar-refractivity contribution in [1.82, 2.24) is 14.9 Å². The molecule has 0 unspecified atom stereocenters. The smallest absolute Gasteiger partial charge is 0.273 e. The van der Waals surface area contributed by atoms with Crippen molar-refractivity contribution < 1.29 is 9.53 Å². The van der Waals surface area contributed by atoms with Gasteiger partial charge >= 0.3 is 0 Å². The number of fused-ring (bicyclic) bond motifs is 1. The second kappa shape index (κ2) is 6.28. The van der Waals surface area contributed by atoms with E-state index in [2.05, 4.69) is 9.97 Å². The summed E-state index contributed by atoms with van der Waals surface area (Å²) in [6.45, 7) is 1.99. The van der Waals surface area contributed by atoms with Gasteiger partial charge < -0.3 is 9.64 Å². The van der Waals surface area contributed by atoms with Gasteiger partial charge in [0.2, 0.25) is 0 Å². The van der Waals surface area contributed by atoms with Gasteiger partial charge in [0.1, 0.15) is 11.4 Å². The standard InChI is InChI=1S/C19H17N3O2/c23-19(18-17-6-2-1-4-15(17)7-9-21-18)22-11-14(12-22)13-24-16-5-3-8-20-10-16/h1-10,14H,11-13H2. The van der Waals surface area contributed by atoms with Gasteiger partial charge in [-0.05, 0) is 23.6 Å². The van der Waals surface area contributed by atoms with E-state index in [1.807, 2.05) is 47.4 Å². The maximum Gasteiger partial charge on any atom is 0.273 e. The van der Waals surface area contributed by atoms with Crippen molar-refractivity contribution in [3.63, 3.8) is 0 Å². The van der Waals surface area contributed by atoms with E-state index in [4.69, 9.17) is 4.74 Å². The molecule has 1 amide bonds. The minimum absolute atomic E-state index is 0.00979. The van der Waals surface area contributed by atoms with E-state index in [0.717, 1.165) is 16.5 Å². The van der Waals surface area contributed by atoms with Crippen LogP contribution in [0.2, 0.25) is 0 Å². The molecule has 2 aromatic heterocycles. The molecule has 1 saturated heterocycles. The highest BCUT2D eigenvalue weighted by molar-refractivity contribution is 6.05. The highest BCUT2D eigenvalue weighted by Gasteiger charge is 2.32. The van der Waals surface area contributed by atoms with Crippen LogP contribution >= 0.6 is 0 Å². The van der Waals surface area contributed by atoms with Crippen molar-refractivity contribution in [3.05, 3.63) is 66.7 Å². The molecule has 5 heteroatoms. The van der Waals surface area contributed by atoms with Crippen LogP contribution in [0.3, 0.4) is 0 Å². The monoisotopic (exact) mass is 319 g/mol. The van der Waals surface area contributed by atoms with Crippen molar-refractivity contribution in [2.75, 3.05) is 19.7 Å². The molecule has 5 nitrogen and oxygen atoms in total. The number of pyridine rings is 2. The molecule has 3 heterocycles. The number of rotatable bonds is 4. The summed E-state index contributed by atoms with van der Waals surface area (Å²) < 4.78 is 5.70. The van der Waals surface area contributed by atoms with Crippen LogP contribution in [0.25, 0.3) is 10.8 Å². The zero-order valence-electron chi connectivity index (χ0n) is 13.1. The van der Waals surface area contributed by atoms with E-state index in [0.29, 0.717) is 31.3 Å². The van der Waals surface area contributed by atoms with Crippen LogP contribution in [-0.2, 0) is 0 Å². The molecule has 120 valence electrons. The Morgan fingerprint density at radius 3 is 2.83 bits per heavy atom. The average Bonchev–Trinajstić information content (AvgIpc) is 2.60. The summed E-state index contributed by atoms with van der Waals surface area (Å²) in [5, 5.41) is 1.94. The summed E-state index contributed by atoms with van der Waals surface area (Å²) in [5.74, 6) is 1.10. The normalized spacial score (nSPS) is 14.4. The predicted molar refractivity (Wildman–Crippen MR) is 90.9 cm³/mol. The fraction of sp³-hybridized carbons (Fsp3) is 0.211. The Hall–Kier alpha value is -2.95. The second-order valence-electron chi connectivity index (χ2n) is 5.96. The molecule has 0 aliphatic carbocycles. The van der Waals surface area contributed by atoms with Gasteiger partial charge in [0.25, 0.3) is 5.91 Å². The number of likely N-dealkylation sites (tertiary alicyclic amines) is 1. The topological polar surface area (TPSA) is 55.3 Å². The van der Waals surface area contributed by atoms with Crippen LogP contribution in [0.5, 0.6) is 5.75 Å². The van der Waals surface area contributed by atoms with Crippen molar-refractivity contribution in [2.24, 2.45) is 5.92 Å². The minimum Gasteiger partial charge on any atom is -0.492 e. The lowest BCUT2D eigenvalue weighted by Crippen LogP contribution is -2.52. The number of nitrogens with zero attached hydrogens (tertiary/aromatic N) is 3. The van der Waals surface area contributed by atoms with Crippen LogP contribution < -0.4 is 4.74 Å². The van der Waals surface area contributed by atoms with Crippen LogP contribution in [0.15, 0.2) is 61.1 Å². The first-order valence-electron chi connectivity index (χ1n) is 7.97. The SMILES string of the molecule is O=C(c1nccc2ccccc12)N1CC(COc2cccnc2)C1. The van der Waals surface area contributed by atoms with Gasteiger partial charge in [-0.25, -0.2) is 0 Å². The highest BCUT2D eigenvalue weighted by Crippen LogP contribution is 2.23. The molecule has 0 bridgehead atoms. The quantitative estimate of drug-likeness (QED) is 0.742. The Morgan fingerprint density at radius 2 is 2.00 bits per heavy atom. The molecule has 0 saturated carbocycles. The van der Waals surface area contributed by atoms with Gasteiger partial charge in [-0.15, -0.1) is 0 Å². The number of ether oxygens (including phenoxy) is 1. The Kier molecular flexibility index (Phi) is 3.83. The molecule has 0 spiro atoms. The van der Waals surface area contributed by atoms with Gasteiger partial charge in [0.05, 0.1) is 12.8 Å². The first-order chi connectivity index (χ1) is 11.8. The first kappa shape index (κ1) is 14.6. The number of carbonyl (C=O) groups excluding carboxylic acids is 1. The third-order valence-electron chi connectivity index (χ3n) is 4.24. The maximum absolute atomic E-state index is 12.7. The Morgan fingerprint density at radius 1 is 1.12 bits per heavy atom. The predicted octanol–water partition coefficient (Wildman–Crippen LogP) is 2.78. The molecule has 4 rings (SSSR count). The van der Waals surface area contributed by atoms with Gasteiger partial charge in [0, 0.05) is 36.8 Å². The lowest BCUT2D eigenvalue weighted by molar-refractivity contribution is 0.0389. The fourth-order valence-electron chi connectivity index (χ4n) is 2.93. The van der Waals surface area contributed by atoms with Crippen molar-refractivity contribution in [2.45, 2.75) is 0 Å². The largest absolute Gasteiger partial charge is 0.492 e. The molecule has 3 aromatic rings. The number of hydrogen-bond donors (Lipinski definition) is 0. The van der Waals surface area contributed by atoms with E-state index in [-0.39, 0.29) is 5.91 Å². The van der Waals surface area contributed by atoms with E-state index in [1.165, 1.54) is 0 Å². The van der Waals surface area contributed by atoms with Gasteiger partial charge in [-0.2, -0.15) is 0 Å². The summed E-state index contributed by atoms with van der Waals surface area (Å²) in [4.78, 5) is 22.8. The van der Waals surface area contributed by atoms with Gasteiger partial charge in [-0.1, -0.05) is 24.3 Å². The molecule has 24 heavy (non-hydrogen) atoms. The molecule has 0 radical (unpaired) electrons. The van der Waals surface area contributed by atoms with E-state index < -0.39 is 0 Å². The fourth-order valence-corrected chi connectivity index (χ4v) is 2.93. The molecule has 0 atom stereocenters. The van der Waals surface area contributed by atoms with E-state index >= 15 is 0 Å². The molecule has 1 aromatic carbocycles. The zero-order chi connectivity index (χ0) is 16.4. The molecular weight excluding hydrogens is 302 g/mol. The summed E-state index contributed by atoms with van der Waals surface area (Å²) in [5.41, 5.74) is 0.528. The second-order valence-corrected chi connectivity index (χ2v) is 5.96. The summed E-state index contributed by atoms with van der Waals surface area (Å²) >= 11 is 0. The minimum atomic E-state index is -0.00979. The number of benzene rings is 1. The number of hydrogen-bond acceptors (Lipinski definition) is 4. The van der Waals surface area contributed by atoms with Crippen LogP contribution in [0.4, 0.5) is 0 Å². The number of carbonyl (C=O) groups is 1. The maximum atomic E-state index is 12.7. The number of aromatic nitrogens is 2.